The molecule has 0 aliphatic carbocycles. The zero-order valence-electron chi connectivity index (χ0n) is 14.0. The topological polar surface area (TPSA) is 74.5 Å². The van der Waals surface area contributed by atoms with Crippen LogP contribution in [0.15, 0.2) is 48.7 Å². The Bertz CT molecular complexity index is 899. The van der Waals surface area contributed by atoms with Crippen LogP contribution in [-0.2, 0) is 0 Å². The van der Waals surface area contributed by atoms with Gasteiger partial charge in [0.15, 0.2) is 0 Å². The molecule has 0 fully saturated rings. The lowest BCUT2D eigenvalue weighted by Crippen LogP contribution is -1.91. The molecule has 25 heavy (non-hydrogen) atoms. The van der Waals surface area contributed by atoms with E-state index in [1.807, 2.05) is 19.9 Å². The molecule has 3 aromatic rings. The number of nitrogens with zero attached hydrogens (tertiary/aromatic N) is 2. The zero-order valence-corrected chi connectivity index (χ0v) is 14.8. The Morgan fingerprint density at radius 1 is 1.08 bits per heavy atom. The molecule has 0 aliphatic heterocycles. The number of methoxy groups -OCH3 is 1. The monoisotopic (exact) mass is 360 g/mol. The Kier molecular flexibility index (Phi) is 6.14. The lowest BCUT2D eigenvalue weighted by Gasteiger charge is -2.09. The van der Waals surface area contributed by atoms with Gasteiger partial charge in [-0.3, -0.25) is 15.1 Å². The van der Waals surface area contributed by atoms with Crippen LogP contribution in [0.5, 0.6) is 17.2 Å². The number of fused-ring (bicyclic) bond motifs is 1. The molecular formula is C18H17ClN2O4. The number of nitro benzene ring substituents is 1. The summed E-state index contributed by atoms with van der Waals surface area (Å²) in [5.41, 5.74) is 0.554. The number of rotatable bonds is 4. The van der Waals surface area contributed by atoms with E-state index in [2.05, 4.69) is 4.98 Å². The first kappa shape index (κ1) is 18.5. The fraction of sp³-hybridized carbons (Fsp3) is 0.167. The normalized spacial score (nSPS) is 9.92. The third kappa shape index (κ3) is 4.16. The second-order valence-electron chi connectivity index (χ2n) is 4.66. The van der Waals surface area contributed by atoms with Crippen LogP contribution in [0.3, 0.4) is 0 Å². The second kappa shape index (κ2) is 8.30. The average Bonchev–Trinajstić information content (AvgIpc) is 2.63. The van der Waals surface area contributed by atoms with Crippen LogP contribution in [0.25, 0.3) is 10.9 Å². The lowest BCUT2D eigenvalue weighted by molar-refractivity contribution is -0.384. The van der Waals surface area contributed by atoms with Gasteiger partial charge < -0.3 is 9.47 Å². The third-order valence-electron chi connectivity index (χ3n) is 3.25. The van der Waals surface area contributed by atoms with Crippen LogP contribution < -0.4 is 9.47 Å². The molecule has 0 atom stereocenters. The van der Waals surface area contributed by atoms with Gasteiger partial charge in [-0.2, -0.15) is 0 Å². The van der Waals surface area contributed by atoms with Crippen molar-refractivity contribution >= 4 is 28.2 Å². The minimum absolute atomic E-state index is 0.0209. The number of hydrogen-bond acceptors (Lipinski definition) is 5. The summed E-state index contributed by atoms with van der Waals surface area (Å²) in [4.78, 5) is 14.5. The van der Waals surface area contributed by atoms with Crippen LogP contribution in [0, 0.1) is 10.1 Å². The van der Waals surface area contributed by atoms with Crippen LogP contribution in [-0.4, -0.2) is 17.0 Å². The number of nitro groups is 1. The number of aromatic nitrogens is 1. The Morgan fingerprint density at radius 2 is 1.80 bits per heavy atom. The molecule has 0 unspecified atom stereocenters. The van der Waals surface area contributed by atoms with Gasteiger partial charge in [0.2, 0.25) is 0 Å². The van der Waals surface area contributed by atoms with Crippen molar-refractivity contribution in [1.29, 1.82) is 0 Å². The van der Waals surface area contributed by atoms with Crippen molar-refractivity contribution in [1.82, 2.24) is 4.98 Å². The Balaban J connectivity index is 0.00000109. The predicted octanol–water partition coefficient (Wildman–Crippen LogP) is 5.62. The van der Waals surface area contributed by atoms with Gasteiger partial charge in [-0.15, -0.1) is 0 Å². The number of hydrogen-bond donors (Lipinski definition) is 0. The van der Waals surface area contributed by atoms with Gasteiger partial charge in [0, 0.05) is 29.8 Å². The first-order valence-corrected chi connectivity index (χ1v) is 8.01. The standard InChI is InChI=1S/C16H11ClN2O4.C2H6/c1-22-10-2-4-12-14(9-10)18-7-6-16(12)23-11-3-5-15(19(20)21)13(17)8-11;1-2/h2-9H,1H3;1-2H3. The molecule has 6 nitrogen and oxygen atoms in total. The SMILES string of the molecule is CC.COc1ccc2c(Oc3ccc([N+](=O)[O-])c(Cl)c3)ccnc2c1. The maximum Gasteiger partial charge on any atom is 0.288 e. The van der Waals surface area contributed by atoms with Crippen molar-refractivity contribution in [2.24, 2.45) is 0 Å². The van der Waals surface area contributed by atoms with Gasteiger partial charge in [-0.25, -0.2) is 0 Å². The molecule has 130 valence electrons. The molecule has 0 bridgehead atoms. The highest BCUT2D eigenvalue weighted by Crippen LogP contribution is 2.34. The lowest BCUT2D eigenvalue weighted by atomic mass is 10.2. The summed E-state index contributed by atoms with van der Waals surface area (Å²) in [6.07, 6.45) is 1.62. The van der Waals surface area contributed by atoms with Crippen LogP contribution in [0.1, 0.15) is 13.8 Å². The van der Waals surface area contributed by atoms with Crippen molar-refractivity contribution in [3.8, 4) is 17.2 Å². The Hall–Kier alpha value is -2.86. The molecule has 0 saturated heterocycles. The fourth-order valence-electron chi connectivity index (χ4n) is 2.14. The highest BCUT2D eigenvalue weighted by molar-refractivity contribution is 6.32. The summed E-state index contributed by atoms with van der Waals surface area (Å²) in [5, 5.41) is 11.6. The number of ether oxygens (including phenoxy) is 2. The van der Waals surface area contributed by atoms with Gasteiger partial charge in [-0.1, -0.05) is 25.4 Å². The first-order valence-electron chi connectivity index (χ1n) is 7.63. The minimum atomic E-state index is -0.541. The number of benzene rings is 2. The summed E-state index contributed by atoms with van der Waals surface area (Å²) < 4.78 is 11.0. The van der Waals surface area contributed by atoms with Gasteiger partial charge in [0.1, 0.15) is 22.3 Å². The van der Waals surface area contributed by atoms with E-state index in [0.29, 0.717) is 17.2 Å². The van der Waals surface area contributed by atoms with Gasteiger partial charge in [0.25, 0.3) is 5.69 Å². The van der Waals surface area contributed by atoms with E-state index in [1.165, 1.54) is 18.2 Å². The Morgan fingerprint density at radius 3 is 2.44 bits per heavy atom. The summed E-state index contributed by atoms with van der Waals surface area (Å²) in [7, 11) is 1.58. The molecule has 0 N–H and O–H groups in total. The van der Waals surface area contributed by atoms with Crippen molar-refractivity contribution in [3.05, 3.63) is 63.8 Å². The van der Waals surface area contributed by atoms with Gasteiger partial charge >= 0.3 is 0 Å². The summed E-state index contributed by atoms with van der Waals surface area (Å²) in [6, 6.07) is 11.4. The highest BCUT2D eigenvalue weighted by Gasteiger charge is 2.13. The Labute approximate surface area is 150 Å². The molecule has 0 aliphatic rings. The molecule has 7 heteroatoms. The summed E-state index contributed by atoms with van der Waals surface area (Å²) in [6.45, 7) is 4.00. The number of pyridine rings is 1. The fourth-order valence-corrected chi connectivity index (χ4v) is 2.38. The summed E-state index contributed by atoms with van der Waals surface area (Å²) in [5.74, 6) is 1.67. The van der Waals surface area contributed by atoms with E-state index in [-0.39, 0.29) is 10.7 Å². The van der Waals surface area contributed by atoms with Crippen molar-refractivity contribution in [3.63, 3.8) is 0 Å². The molecule has 1 heterocycles. The van der Waals surface area contributed by atoms with Gasteiger partial charge in [-0.05, 0) is 24.3 Å². The maximum absolute atomic E-state index is 10.8. The van der Waals surface area contributed by atoms with Crippen molar-refractivity contribution in [2.45, 2.75) is 13.8 Å². The molecule has 0 radical (unpaired) electrons. The largest absolute Gasteiger partial charge is 0.497 e. The third-order valence-corrected chi connectivity index (χ3v) is 3.56. The average molecular weight is 361 g/mol. The van der Waals surface area contributed by atoms with E-state index in [4.69, 9.17) is 21.1 Å². The predicted molar refractivity (Wildman–Crippen MR) is 97.8 cm³/mol. The quantitative estimate of drug-likeness (QED) is 0.445. The molecule has 0 saturated carbocycles. The highest BCUT2D eigenvalue weighted by atomic mass is 35.5. The van der Waals surface area contributed by atoms with Crippen LogP contribution in [0.2, 0.25) is 5.02 Å². The van der Waals surface area contributed by atoms with Gasteiger partial charge in [0.05, 0.1) is 17.5 Å². The molecule has 0 amide bonds. The smallest absolute Gasteiger partial charge is 0.288 e. The molecule has 2 aromatic carbocycles. The second-order valence-corrected chi connectivity index (χ2v) is 5.07. The molecule has 0 spiro atoms. The zero-order chi connectivity index (χ0) is 18.4. The first-order chi connectivity index (χ1) is 12.1. The van der Waals surface area contributed by atoms with E-state index in [9.17, 15) is 10.1 Å². The van der Waals surface area contributed by atoms with Crippen LogP contribution >= 0.6 is 11.6 Å². The van der Waals surface area contributed by atoms with Crippen molar-refractivity contribution < 1.29 is 14.4 Å². The van der Waals surface area contributed by atoms with Crippen molar-refractivity contribution in [2.75, 3.05) is 7.11 Å². The van der Waals surface area contributed by atoms with E-state index in [1.54, 1.807) is 31.5 Å². The minimum Gasteiger partial charge on any atom is -0.497 e. The van der Waals surface area contributed by atoms with E-state index < -0.39 is 4.92 Å². The maximum atomic E-state index is 10.8. The van der Waals surface area contributed by atoms with Crippen LogP contribution in [0.4, 0.5) is 5.69 Å². The molecular weight excluding hydrogens is 344 g/mol. The number of halogens is 1. The summed E-state index contributed by atoms with van der Waals surface area (Å²) >= 11 is 5.90. The van der Waals surface area contributed by atoms with E-state index in [0.717, 1.165) is 10.9 Å². The van der Waals surface area contributed by atoms with E-state index >= 15 is 0 Å². The molecule has 3 rings (SSSR count). The molecule has 1 aromatic heterocycles.